The van der Waals surface area contributed by atoms with Crippen molar-refractivity contribution >= 4 is 23.3 Å². The van der Waals surface area contributed by atoms with Crippen molar-refractivity contribution in [2.24, 2.45) is 0 Å². The molecule has 0 aliphatic heterocycles. The Morgan fingerprint density at radius 2 is 1.54 bits per heavy atom. The molecular weight excluding hydrogens is 332 g/mol. The van der Waals surface area contributed by atoms with Gasteiger partial charge in [0.1, 0.15) is 5.75 Å². The molecule has 0 fully saturated rings. The Hall–Kier alpha value is -3.15. The minimum absolute atomic E-state index is 0.0378. The fraction of sp³-hybridized carbons (Fsp3) is 0.250. The maximum Gasteiger partial charge on any atom is 0.258 e. The summed E-state index contributed by atoms with van der Waals surface area (Å²) in [4.78, 5) is 35.0. The lowest BCUT2D eigenvalue weighted by Gasteiger charge is -2.12. The van der Waals surface area contributed by atoms with Crippen molar-refractivity contribution in [1.82, 2.24) is 5.32 Å². The molecule has 0 aromatic heterocycles. The number of para-hydroxylation sites is 1. The molecule has 0 saturated heterocycles. The van der Waals surface area contributed by atoms with Gasteiger partial charge in [0.25, 0.3) is 5.91 Å². The molecule has 0 aliphatic carbocycles. The lowest BCUT2D eigenvalue weighted by Crippen LogP contribution is -2.36. The van der Waals surface area contributed by atoms with Crippen molar-refractivity contribution in [3.8, 4) is 5.75 Å². The van der Waals surface area contributed by atoms with Gasteiger partial charge in [-0.3, -0.25) is 14.4 Å². The third-order valence-electron chi connectivity index (χ3n) is 3.82. The predicted octanol–water partition coefficient (Wildman–Crippen LogP) is 2.64. The van der Waals surface area contributed by atoms with Crippen molar-refractivity contribution in [2.75, 3.05) is 18.5 Å². The number of anilines is 1. The zero-order chi connectivity index (χ0) is 19.1. The summed E-state index contributed by atoms with van der Waals surface area (Å²) in [5.74, 6) is -0.270. The second-order valence-corrected chi connectivity index (χ2v) is 5.96. The zero-order valence-electron chi connectivity index (χ0n) is 15.1. The number of amides is 2. The number of carbonyl (C=O) groups excluding carboxylic acids is 3. The van der Waals surface area contributed by atoms with Crippen molar-refractivity contribution in [2.45, 2.75) is 20.8 Å². The minimum Gasteiger partial charge on any atom is -0.484 e. The lowest BCUT2D eigenvalue weighted by atomic mass is 10.1. The van der Waals surface area contributed by atoms with E-state index in [-0.39, 0.29) is 24.8 Å². The highest BCUT2D eigenvalue weighted by Gasteiger charge is 2.09. The van der Waals surface area contributed by atoms with E-state index >= 15 is 0 Å². The summed E-state index contributed by atoms with van der Waals surface area (Å²) in [6, 6.07) is 12.2. The van der Waals surface area contributed by atoms with E-state index in [1.54, 1.807) is 24.3 Å². The Balaban J connectivity index is 1.77. The van der Waals surface area contributed by atoms with Crippen LogP contribution in [0.1, 0.15) is 28.4 Å². The van der Waals surface area contributed by atoms with Crippen LogP contribution in [0, 0.1) is 13.8 Å². The molecule has 6 heteroatoms. The van der Waals surface area contributed by atoms with Gasteiger partial charge in [0.05, 0.1) is 6.54 Å². The van der Waals surface area contributed by atoms with Gasteiger partial charge in [-0.15, -0.1) is 0 Å². The van der Waals surface area contributed by atoms with Crippen LogP contribution in [0.2, 0.25) is 0 Å². The number of rotatable bonds is 7. The number of ether oxygens (including phenoxy) is 1. The summed E-state index contributed by atoms with van der Waals surface area (Å²) < 4.78 is 5.34. The molecule has 0 atom stereocenters. The molecule has 0 radical (unpaired) electrons. The highest BCUT2D eigenvalue weighted by Crippen LogP contribution is 2.19. The number of nitrogens with one attached hydrogen (secondary N) is 2. The van der Waals surface area contributed by atoms with E-state index in [9.17, 15) is 14.4 Å². The average molecular weight is 354 g/mol. The van der Waals surface area contributed by atoms with Crippen LogP contribution < -0.4 is 15.4 Å². The number of benzene rings is 2. The van der Waals surface area contributed by atoms with Crippen LogP contribution in [0.25, 0.3) is 0 Å². The van der Waals surface area contributed by atoms with Gasteiger partial charge in [0.2, 0.25) is 5.91 Å². The molecule has 2 aromatic carbocycles. The summed E-state index contributed by atoms with van der Waals surface area (Å²) >= 11 is 0. The third kappa shape index (κ3) is 5.44. The van der Waals surface area contributed by atoms with Gasteiger partial charge >= 0.3 is 0 Å². The average Bonchev–Trinajstić information content (AvgIpc) is 2.61. The van der Waals surface area contributed by atoms with Crippen LogP contribution in [0.4, 0.5) is 5.69 Å². The second-order valence-electron chi connectivity index (χ2n) is 5.96. The van der Waals surface area contributed by atoms with Crippen LogP contribution in [0.15, 0.2) is 42.5 Å². The van der Waals surface area contributed by atoms with E-state index in [0.29, 0.717) is 11.3 Å². The fourth-order valence-electron chi connectivity index (χ4n) is 2.36. The molecule has 0 unspecified atom stereocenters. The highest BCUT2D eigenvalue weighted by atomic mass is 16.5. The number of carbonyl (C=O) groups is 3. The van der Waals surface area contributed by atoms with Crippen LogP contribution >= 0.6 is 0 Å². The molecule has 0 saturated carbocycles. The number of hydrogen-bond donors (Lipinski definition) is 2. The topological polar surface area (TPSA) is 84.5 Å². The molecule has 2 rings (SSSR count). The first-order valence-electron chi connectivity index (χ1n) is 8.23. The Morgan fingerprint density at radius 1 is 0.923 bits per heavy atom. The van der Waals surface area contributed by atoms with Gasteiger partial charge in [-0.2, -0.15) is 0 Å². The zero-order valence-corrected chi connectivity index (χ0v) is 15.1. The van der Waals surface area contributed by atoms with Gasteiger partial charge < -0.3 is 15.4 Å². The first-order chi connectivity index (χ1) is 12.4. The van der Waals surface area contributed by atoms with Crippen LogP contribution in [-0.2, 0) is 9.59 Å². The minimum atomic E-state index is -0.405. The Labute approximate surface area is 152 Å². The van der Waals surface area contributed by atoms with Gasteiger partial charge in [-0.1, -0.05) is 18.2 Å². The monoisotopic (exact) mass is 354 g/mol. The third-order valence-corrected chi connectivity index (χ3v) is 3.82. The van der Waals surface area contributed by atoms with E-state index in [1.807, 2.05) is 32.0 Å². The highest BCUT2D eigenvalue weighted by molar-refractivity contribution is 5.96. The van der Waals surface area contributed by atoms with Crippen LogP contribution in [0.5, 0.6) is 5.75 Å². The van der Waals surface area contributed by atoms with E-state index in [0.717, 1.165) is 16.8 Å². The molecule has 2 amide bonds. The second kappa shape index (κ2) is 8.80. The largest absolute Gasteiger partial charge is 0.484 e. The molecule has 2 N–H and O–H groups in total. The summed E-state index contributed by atoms with van der Waals surface area (Å²) in [7, 11) is 0. The van der Waals surface area contributed by atoms with Crippen LogP contribution in [0.3, 0.4) is 0 Å². The van der Waals surface area contributed by atoms with Gasteiger partial charge in [-0.25, -0.2) is 0 Å². The van der Waals surface area contributed by atoms with E-state index < -0.39 is 5.91 Å². The number of aryl methyl sites for hydroxylation is 2. The summed E-state index contributed by atoms with van der Waals surface area (Å²) in [5.41, 5.74) is 3.25. The molecule has 0 heterocycles. The molecule has 0 aliphatic rings. The smallest absolute Gasteiger partial charge is 0.258 e. The Kier molecular flexibility index (Phi) is 6.49. The van der Waals surface area contributed by atoms with Crippen LogP contribution in [-0.4, -0.2) is 30.7 Å². The summed E-state index contributed by atoms with van der Waals surface area (Å²) in [6.45, 7) is 4.95. The summed E-state index contributed by atoms with van der Waals surface area (Å²) in [6.07, 6.45) is 0. The molecule has 0 spiro atoms. The quantitative estimate of drug-likeness (QED) is 0.749. The van der Waals surface area contributed by atoms with Gasteiger partial charge in [0, 0.05) is 11.3 Å². The first-order valence-corrected chi connectivity index (χ1v) is 8.23. The van der Waals surface area contributed by atoms with Gasteiger partial charge in [0.15, 0.2) is 12.4 Å². The lowest BCUT2D eigenvalue weighted by molar-refractivity contribution is -0.125. The molecular formula is C20H22N2O4. The van der Waals surface area contributed by atoms with Crippen molar-refractivity contribution in [3.05, 3.63) is 59.2 Å². The molecule has 136 valence electrons. The fourth-order valence-corrected chi connectivity index (χ4v) is 2.36. The van der Waals surface area contributed by atoms with Crippen molar-refractivity contribution in [1.29, 1.82) is 0 Å². The Morgan fingerprint density at radius 3 is 2.12 bits per heavy atom. The number of hydrogen-bond acceptors (Lipinski definition) is 4. The van der Waals surface area contributed by atoms with Gasteiger partial charge in [-0.05, 0) is 56.2 Å². The maximum atomic E-state index is 12.0. The van der Waals surface area contributed by atoms with E-state index in [1.165, 1.54) is 6.92 Å². The number of Topliss-reactive ketones (excluding diaryl/α,β-unsaturated/α-hetero) is 1. The molecule has 6 nitrogen and oxygen atoms in total. The van der Waals surface area contributed by atoms with Crippen molar-refractivity contribution < 1.29 is 19.1 Å². The Bertz CT molecular complexity index is 793. The molecule has 26 heavy (non-hydrogen) atoms. The molecule has 0 bridgehead atoms. The normalized spacial score (nSPS) is 10.1. The number of ketones is 1. The summed E-state index contributed by atoms with van der Waals surface area (Å²) in [5, 5.41) is 5.31. The first kappa shape index (κ1) is 19.2. The standard InChI is InChI=1S/C20H22N2O4/c1-13-5-4-6-14(2)20(13)22-18(24)11-21-19(25)12-26-17-9-7-16(8-10-17)15(3)23/h4-10H,11-12H2,1-3H3,(H,21,25)(H,22,24). The predicted molar refractivity (Wildman–Crippen MR) is 99.5 cm³/mol. The van der Waals surface area contributed by atoms with E-state index in [4.69, 9.17) is 4.74 Å². The SMILES string of the molecule is CC(=O)c1ccc(OCC(=O)NCC(=O)Nc2c(C)cccc2C)cc1. The van der Waals surface area contributed by atoms with E-state index in [2.05, 4.69) is 10.6 Å². The molecule has 2 aromatic rings. The maximum absolute atomic E-state index is 12.0. The van der Waals surface area contributed by atoms with Crippen molar-refractivity contribution in [3.63, 3.8) is 0 Å².